The van der Waals surface area contributed by atoms with E-state index in [-0.39, 0.29) is 53.8 Å². The molecule has 6 heterocycles. The number of aromatic nitrogens is 3. The Morgan fingerprint density at radius 1 is 1.00 bits per heavy atom. The summed E-state index contributed by atoms with van der Waals surface area (Å²) in [7, 11) is 1.65. The molecule has 1 unspecified atom stereocenters. The molecule has 3 N–H and O–H groups in total. The number of rotatable bonds is 5. The molecule has 2 aromatic rings. The normalized spacial score (nSPS) is 23.2. The zero-order valence-electron chi connectivity index (χ0n) is 26.4. The second kappa shape index (κ2) is 13.6. The number of nitrogen functional groups attached to an aromatic ring is 1. The minimum absolute atomic E-state index is 0.0513. The lowest BCUT2D eigenvalue weighted by molar-refractivity contribution is -0.148. The van der Waals surface area contributed by atoms with Crippen molar-refractivity contribution in [3.8, 4) is 0 Å². The Bertz CT molecular complexity index is 1360. The molecule has 2 aromatic heterocycles. The van der Waals surface area contributed by atoms with E-state index in [1.165, 1.54) is 19.0 Å². The smallest absolute Gasteiger partial charge is 0.267 e. The average molecular weight is 630 g/mol. The molecule has 3 saturated heterocycles. The first-order valence-corrected chi connectivity index (χ1v) is 16.7. The van der Waals surface area contributed by atoms with Gasteiger partial charge in [0.1, 0.15) is 12.2 Å². The van der Waals surface area contributed by atoms with Crippen LogP contribution in [0.15, 0.2) is 12.4 Å². The van der Waals surface area contributed by atoms with Crippen molar-refractivity contribution >= 4 is 34.8 Å². The van der Waals surface area contributed by atoms with E-state index >= 15 is 8.78 Å². The number of pyridine rings is 1. The lowest BCUT2D eigenvalue weighted by atomic mass is 9.93. The van der Waals surface area contributed by atoms with Crippen LogP contribution < -0.4 is 20.4 Å². The number of likely N-dealkylation sites (tertiary alicyclic amines) is 1. The monoisotopic (exact) mass is 629 g/mol. The number of alkyl halides is 1. The average Bonchev–Trinajstić information content (AvgIpc) is 3.31. The summed E-state index contributed by atoms with van der Waals surface area (Å²) in [5.74, 6) is -0.353. The van der Waals surface area contributed by atoms with E-state index < -0.39 is 17.9 Å². The molecule has 13 heteroatoms. The number of hydrogen-bond donors (Lipinski definition) is 2. The maximum atomic E-state index is 15.4. The molecule has 0 aliphatic carbocycles. The lowest BCUT2D eigenvalue weighted by Gasteiger charge is -2.42. The second-order valence-electron chi connectivity index (χ2n) is 13.3. The molecule has 1 atom stereocenters. The third-order valence-electron chi connectivity index (χ3n) is 10.2. The first-order valence-electron chi connectivity index (χ1n) is 16.7. The highest BCUT2D eigenvalue weighted by Gasteiger charge is 2.46. The summed E-state index contributed by atoms with van der Waals surface area (Å²) in [5, 5.41) is 7.36. The van der Waals surface area contributed by atoms with Crippen molar-refractivity contribution in [2.24, 2.45) is 5.92 Å². The summed E-state index contributed by atoms with van der Waals surface area (Å²) >= 11 is 0. The number of nitrogens with one attached hydrogen (secondary N) is 1. The lowest BCUT2D eigenvalue weighted by Crippen LogP contribution is -2.59. The quantitative estimate of drug-likeness (QED) is 0.478. The van der Waals surface area contributed by atoms with Gasteiger partial charge in [-0.15, -0.1) is 5.10 Å². The number of fused-ring (bicyclic) bond motifs is 2. The molecule has 0 bridgehead atoms. The zero-order valence-corrected chi connectivity index (χ0v) is 26.4. The van der Waals surface area contributed by atoms with Crippen LogP contribution in [0.4, 0.5) is 31.8 Å². The molecule has 0 aromatic carbocycles. The number of methoxy groups -OCH3 is 1. The van der Waals surface area contributed by atoms with Gasteiger partial charge in [-0.2, -0.15) is 0 Å². The minimum Gasteiger partial charge on any atom is -0.381 e. The van der Waals surface area contributed by atoms with Gasteiger partial charge in [-0.05, 0) is 38.5 Å². The van der Waals surface area contributed by atoms with Gasteiger partial charge in [-0.1, -0.05) is 25.7 Å². The van der Waals surface area contributed by atoms with E-state index in [1.54, 1.807) is 11.8 Å². The summed E-state index contributed by atoms with van der Waals surface area (Å²) in [6, 6.07) is 0. The van der Waals surface area contributed by atoms with Gasteiger partial charge in [0.2, 0.25) is 11.7 Å². The molecule has 1 spiro atoms. The van der Waals surface area contributed by atoms with Crippen molar-refractivity contribution in [3.05, 3.63) is 23.8 Å². The van der Waals surface area contributed by atoms with Crippen LogP contribution in [0.1, 0.15) is 74.6 Å². The zero-order chi connectivity index (χ0) is 31.6. The fraction of sp³-hybridized carbons (Fsp3) is 0.688. The number of anilines is 3. The number of halogens is 2. The molecule has 6 rings (SSSR count). The number of carbonyl (C=O) groups excluding carboxylic acids is 2. The Labute approximate surface area is 263 Å². The van der Waals surface area contributed by atoms with Gasteiger partial charge >= 0.3 is 0 Å². The number of quaternary nitrogens is 1. The van der Waals surface area contributed by atoms with E-state index in [4.69, 9.17) is 10.5 Å². The molecule has 0 radical (unpaired) electrons. The van der Waals surface area contributed by atoms with Crippen LogP contribution in [0.2, 0.25) is 0 Å². The first-order chi connectivity index (χ1) is 21.8. The molecule has 11 nitrogen and oxygen atoms in total. The molecule has 246 valence electrons. The SMILES string of the molecule is COC1CN(C(=O)C2CCN(c3c(F)cncc3NC(=O)c3c(N)nn4c3[N+]3(CCCCCCCCCC3)CC(F)C4)CC2)C1. The maximum absolute atomic E-state index is 15.4. The second-order valence-corrected chi connectivity index (χ2v) is 13.3. The summed E-state index contributed by atoms with van der Waals surface area (Å²) in [6.07, 6.45) is 11.5. The molecule has 2 amide bonds. The van der Waals surface area contributed by atoms with Gasteiger partial charge in [-0.3, -0.25) is 19.1 Å². The van der Waals surface area contributed by atoms with Gasteiger partial charge in [0.25, 0.3) is 5.91 Å². The highest BCUT2D eigenvalue weighted by molar-refractivity contribution is 6.11. The third-order valence-corrected chi connectivity index (χ3v) is 10.2. The summed E-state index contributed by atoms with van der Waals surface area (Å²) in [5.41, 5.74) is 7.12. The minimum atomic E-state index is -1.09. The van der Waals surface area contributed by atoms with Crippen LogP contribution >= 0.6 is 0 Å². The number of nitrogens with two attached hydrogens (primary N) is 1. The number of hydrogen-bond acceptors (Lipinski definition) is 7. The highest BCUT2D eigenvalue weighted by Crippen LogP contribution is 2.39. The van der Waals surface area contributed by atoms with Gasteiger partial charge in [0, 0.05) is 39.2 Å². The van der Waals surface area contributed by atoms with Crippen molar-refractivity contribution in [2.45, 2.75) is 83.0 Å². The van der Waals surface area contributed by atoms with Gasteiger partial charge in [0.15, 0.2) is 23.4 Å². The number of amides is 2. The van der Waals surface area contributed by atoms with Crippen molar-refractivity contribution in [3.63, 3.8) is 0 Å². The molecule has 0 saturated carbocycles. The number of nitrogens with zero attached hydrogens (tertiary/aromatic N) is 6. The Morgan fingerprint density at radius 3 is 2.29 bits per heavy atom. The van der Waals surface area contributed by atoms with Crippen LogP contribution in [-0.4, -0.2) is 96.7 Å². The van der Waals surface area contributed by atoms with Crippen LogP contribution in [0.5, 0.6) is 0 Å². The van der Waals surface area contributed by atoms with E-state index in [9.17, 15) is 9.59 Å². The van der Waals surface area contributed by atoms with Gasteiger partial charge in [0.05, 0.1) is 43.8 Å². The number of ether oxygens (including phenoxy) is 1. The van der Waals surface area contributed by atoms with Crippen molar-refractivity contribution < 1.29 is 23.1 Å². The molecule has 3 fully saturated rings. The van der Waals surface area contributed by atoms with Crippen LogP contribution in [0.3, 0.4) is 0 Å². The van der Waals surface area contributed by atoms with Crippen molar-refractivity contribution in [1.29, 1.82) is 0 Å². The Kier molecular flexibility index (Phi) is 9.55. The van der Waals surface area contributed by atoms with E-state index in [0.717, 1.165) is 57.8 Å². The van der Waals surface area contributed by atoms with Crippen LogP contribution in [0.25, 0.3) is 0 Å². The topological polar surface area (TPSA) is 119 Å². The van der Waals surface area contributed by atoms with E-state index in [0.29, 0.717) is 49.3 Å². The van der Waals surface area contributed by atoms with Crippen LogP contribution in [-0.2, 0) is 16.1 Å². The molecule has 4 aliphatic heterocycles. The largest absolute Gasteiger partial charge is 0.381 e. The van der Waals surface area contributed by atoms with E-state index in [2.05, 4.69) is 15.4 Å². The summed E-state index contributed by atoms with van der Waals surface area (Å²) in [6.45, 7) is 3.92. The van der Waals surface area contributed by atoms with Crippen molar-refractivity contribution in [2.75, 3.05) is 68.9 Å². The number of carbonyl (C=O) groups is 2. The molecular formula is C32H47F2N8O3+. The van der Waals surface area contributed by atoms with Gasteiger partial charge in [-0.25, -0.2) is 13.5 Å². The van der Waals surface area contributed by atoms with Crippen molar-refractivity contribution in [1.82, 2.24) is 24.1 Å². The standard InChI is InChI=1S/C32H46F2N8O3/c1-45-24-19-40(20-24)32(44)22-10-12-39(13-11-22)28-25(34)16-36-17-26(28)37-30(43)27-29(35)38-41-18-23(33)21-42(31(27)41)14-8-6-4-2-3-5-7-9-15-42/h16-17,22-24H,2-15,18-21H2,1H3,(H2-,35,37,38,43)/p+1. The third kappa shape index (κ3) is 6.51. The van der Waals surface area contributed by atoms with Crippen LogP contribution in [0, 0.1) is 11.7 Å². The predicted molar refractivity (Wildman–Crippen MR) is 169 cm³/mol. The Hall–Kier alpha value is -3.32. The highest BCUT2D eigenvalue weighted by atomic mass is 19.1. The molecule has 4 aliphatic rings. The summed E-state index contributed by atoms with van der Waals surface area (Å²) in [4.78, 5) is 34.8. The van der Waals surface area contributed by atoms with Gasteiger partial charge < -0.3 is 25.6 Å². The maximum Gasteiger partial charge on any atom is 0.267 e. The number of piperidine rings is 1. The fourth-order valence-electron chi connectivity index (χ4n) is 7.81. The fourth-order valence-corrected chi connectivity index (χ4v) is 7.81. The van der Waals surface area contributed by atoms with E-state index in [1.807, 2.05) is 9.80 Å². The Morgan fingerprint density at radius 2 is 1.64 bits per heavy atom. The predicted octanol–water partition coefficient (Wildman–Crippen LogP) is 4.12. The first kappa shape index (κ1) is 31.7. The Balaban J connectivity index is 1.23. The summed E-state index contributed by atoms with van der Waals surface area (Å²) < 4.78 is 37.9. The molecule has 45 heavy (non-hydrogen) atoms. The molecular weight excluding hydrogens is 582 g/mol.